The van der Waals surface area contributed by atoms with Crippen LogP contribution in [0.2, 0.25) is 10.0 Å². The molecule has 1 aliphatic carbocycles. The van der Waals surface area contributed by atoms with Gasteiger partial charge in [-0.15, -0.1) is 0 Å². The van der Waals surface area contributed by atoms with Gasteiger partial charge in [0.1, 0.15) is 0 Å². The molecule has 2 nitrogen and oxygen atoms in total. The molecule has 1 heterocycles. The van der Waals surface area contributed by atoms with Gasteiger partial charge in [-0.1, -0.05) is 58.7 Å². The molecule has 20 heavy (non-hydrogen) atoms. The second-order valence-corrected chi connectivity index (χ2v) is 5.98. The lowest BCUT2D eigenvalue weighted by Crippen LogP contribution is -2.15. The molecule has 4 heteroatoms. The molecule has 2 atom stereocenters. The molecule has 4 rings (SSSR count). The fraction of sp³-hybridized carbons (Fsp3) is 0.188. The fourth-order valence-corrected chi connectivity index (χ4v) is 3.56. The molecule has 100 valence electrons. The lowest BCUT2D eigenvalue weighted by Gasteiger charge is -2.11. The summed E-state index contributed by atoms with van der Waals surface area (Å²) in [6, 6.07) is 13.9. The van der Waals surface area contributed by atoms with E-state index in [1.807, 2.05) is 18.2 Å². The van der Waals surface area contributed by atoms with Gasteiger partial charge in [0, 0.05) is 10.6 Å². The summed E-state index contributed by atoms with van der Waals surface area (Å²) in [5.41, 5.74) is 4.41. The van der Waals surface area contributed by atoms with Crippen molar-refractivity contribution in [3.63, 3.8) is 0 Å². The highest BCUT2D eigenvalue weighted by atomic mass is 35.5. The van der Waals surface area contributed by atoms with Crippen molar-refractivity contribution >= 4 is 28.9 Å². The Morgan fingerprint density at radius 3 is 2.80 bits per heavy atom. The average Bonchev–Trinajstić information content (AvgIpc) is 2.98. The molecule has 0 saturated heterocycles. The van der Waals surface area contributed by atoms with Gasteiger partial charge in [-0.2, -0.15) is 0 Å². The van der Waals surface area contributed by atoms with Crippen molar-refractivity contribution in [1.29, 1.82) is 0 Å². The zero-order valence-corrected chi connectivity index (χ0v) is 12.0. The molecule has 1 aliphatic heterocycles. The van der Waals surface area contributed by atoms with Crippen LogP contribution < -0.4 is 0 Å². The van der Waals surface area contributed by atoms with Gasteiger partial charge in [0.05, 0.1) is 16.7 Å². The minimum atomic E-state index is 0.0212. The Balaban J connectivity index is 1.74. The maximum Gasteiger partial charge on any atom is 0.161 e. The molecular formula is C16H11Cl2NO. The van der Waals surface area contributed by atoms with E-state index in [0.29, 0.717) is 10.0 Å². The topological polar surface area (TPSA) is 21.6 Å². The lowest BCUT2D eigenvalue weighted by atomic mass is 9.93. The smallest absolute Gasteiger partial charge is 0.161 e. The van der Waals surface area contributed by atoms with Crippen LogP contribution in [0.1, 0.15) is 22.8 Å². The summed E-state index contributed by atoms with van der Waals surface area (Å²) in [6.07, 6.45) is 0.964. The molecule has 0 amide bonds. The minimum absolute atomic E-state index is 0.0212. The zero-order valence-electron chi connectivity index (χ0n) is 10.5. The molecule has 0 N–H and O–H groups in total. The molecule has 0 radical (unpaired) electrons. The van der Waals surface area contributed by atoms with Gasteiger partial charge in [0.25, 0.3) is 0 Å². The van der Waals surface area contributed by atoms with E-state index < -0.39 is 0 Å². The summed E-state index contributed by atoms with van der Waals surface area (Å²) < 4.78 is 0. The van der Waals surface area contributed by atoms with Crippen molar-refractivity contribution in [3.05, 3.63) is 69.2 Å². The van der Waals surface area contributed by atoms with Gasteiger partial charge >= 0.3 is 0 Å². The summed E-state index contributed by atoms with van der Waals surface area (Å²) in [7, 11) is 0. The first-order valence-electron chi connectivity index (χ1n) is 6.51. The van der Waals surface area contributed by atoms with Crippen LogP contribution in [0.4, 0.5) is 0 Å². The molecule has 0 saturated carbocycles. The predicted molar refractivity (Wildman–Crippen MR) is 80.5 cm³/mol. The number of rotatable bonds is 1. The van der Waals surface area contributed by atoms with Crippen LogP contribution in [0.25, 0.3) is 0 Å². The highest BCUT2D eigenvalue weighted by Crippen LogP contribution is 2.45. The van der Waals surface area contributed by atoms with Crippen molar-refractivity contribution in [3.8, 4) is 0 Å². The normalized spacial score (nSPS) is 23.0. The van der Waals surface area contributed by atoms with Crippen LogP contribution in [-0.4, -0.2) is 5.71 Å². The minimum Gasteiger partial charge on any atom is -0.387 e. The Morgan fingerprint density at radius 1 is 1.10 bits per heavy atom. The molecule has 0 bridgehead atoms. The van der Waals surface area contributed by atoms with Crippen LogP contribution in [0.15, 0.2) is 47.6 Å². The second kappa shape index (κ2) is 4.51. The Hall–Kier alpha value is -1.51. The summed E-state index contributed by atoms with van der Waals surface area (Å²) in [5, 5.41) is 5.52. The number of hydrogen-bond acceptors (Lipinski definition) is 2. The highest BCUT2D eigenvalue weighted by Gasteiger charge is 2.42. The van der Waals surface area contributed by atoms with E-state index in [4.69, 9.17) is 28.0 Å². The standard InChI is InChI=1S/C16H11Cl2NO/c17-10-5-6-12(14(18)8-10)15-13-7-9-3-1-2-4-11(9)16(13)20-19-15/h1-6,8,13,16H,7H2/t13-,16-/m1/s1. The van der Waals surface area contributed by atoms with E-state index in [9.17, 15) is 0 Å². The first-order chi connectivity index (χ1) is 9.74. The third kappa shape index (κ3) is 1.75. The lowest BCUT2D eigenvalue weighted by molar-refractivity contribution is 0.0697. The number of fused-ring (bicyclic) bond motifs is 3. The van der Waals surface area contributed by atoms with E-state index in [-0.39, 0.29) is 12.0 Å². The van der Waals surface area contributed by atoms with Crippen LogP contribution in [0.3, 0.4) is 0 Å². The van der Waals surface area contributed by atoms with E-state index in [0.717, 1.165) is 17.7 Å². The van der Waals surface area contributed by atoms with Gasteiger partial charge in [-0.25, -0.2) is 0 Å². The third-order valence-electron chi connectivity index (χ3n) is 3.99. The average molecular weight is 304 g/mol. The van der Waals surface area contributed by atoms with Gasteiger partial charge in [0.15, 0.2) is 6.10 Å². The molecule has 0 spiro atoms. The highest BCUT2D eigenvalue weighted by molar-refractivity contribution is 6.37. The first kappa shape index (κ1) is 12.2. The van der Waals surface area contributed by atoms with Crippen molar-refractivity contribution in [2.75, 3.05) is 0 Å². The molecule has 0 unspecified atom stereocenters. The summed E-state index contributed by atoms with van der Waals surface area (Å²) in [4.78, 5) is 5.65. The molecule has 2 aromatic carbocycles. The molecule has 2 aliphatic rings. The van der Waals surface area contributed by atoms with Crippen molar-refractivity contribution in [2.45, 2.75) is 12.5 Å². The van der Waals surface area contributed by atoms with Crippen LogP contribution in [0, 0.1) is 5.92 Å². The largest absolute Gasteiger partial charge is 0.387 e. The van der Waals surface area contributed by atoms with E-state index in [1.165, 1.54) is 11.1 Å². The monoisotopic (exact) mass is 303 g/mol. The molecule has 0 fully saturated rings. The Morgan fingerprint density at radius 2 is 1.95 bits per heavy atom. The van der Waals surface area contributed by atoms with Crippen molar-refractivity contribution < 1.29 is 4.84 Å². The molecular weight excluding hydrogens is 293 g/mol. The van der Waals surface area contributed by atoms with Crippen molar-refractivity contribution in [2.24, 2.45) is 11.1 Å². The zero-order chi connectivity index (χ0) is 13.7. The maximum absolute atomic E-state index is 6.29. The second-order valence-electron chi connectivity index (χ2n) is 5.14. The Kier molecular flexibility index (Phi) is 2.76. The van der Waals surface area contributed by atoms with E-state index in [2.05, 4.69) is 23.4 Å². The van der Waals surface area contributed by atoms with Crippen molar-refractivity contribution in [1.82, 2.24) is 0 Å². The van der Waals surface area contributed by atoms with Gasteiger partial charge in [0.2, 0.25) is 0 Å². The van der Waals surface area contributed by atoms with Crippen LogP contribution >= 0.6 is 23.2 Å². The predicted octanol–water partition coefficient (Wildman–Crippen LogP) is 4.64. The summed E-state index contributed by atoms with van der Waals surface area (Å²) in [6.45, 7) is 0. The Labute approximate surface area is 127 Å². The summed E-state index contributed by atoms with van der Waals surface area (Å²) >= 11 is 12.2. The number of hydrogen-bond donors (Lipinski definition) is 0. The SMILES string of the molecule is Clc1ccc(C2=NO[C@@H]3c4ccccc4C[C@H]23)c(Cl)c1. The van der Waals surface area contributed by atoms with Gasteiger partial charge in [-0.3, -0.25) is 0 Å². The van der Waals surface area contributed by atoms with Crippen LogP contribution in [0.5, 0.6) is 0 Å². The van der Waals surface area contributed by atoms with Crippen LogP contribution in [-0.2, 0) is 11.3 Å². The third-order valence-corrected chi connectivity index (χ3v) is 4.54. The molecule has 2 aromatic rings. The fourth-order valence-electron chi connectivity index (χ4n) is 3.06. The summed E-state index contributed by atoms with van der Waals surface area (Å²) in [5.74, 6) is 0.242. The number of halogens is 2. The van der Waals surface area contributed by atoms with Gasteiger partial charge in [-0.05, 0) is 29.7 Å². The Bertz CT molecular complexity index is 726. The number of nitrogens with zero attached hydrogens (tertiary/aromatic N) is 1. The first-order valence-corrected chi connectivity index (χ1v) is 7.26. The van der Waals surface area contributed by atoms with E-state index >= 15 is 0 Å². The number of oxime groups is 1. The van der Waals surface area contributed by atoms with E-state index in [1.54, 1.807) is 6.07 Å². The molecule has 0 aromatic heterocycles. The number of benzene rings is 2. The van der Waals surface area contributed by atoms with Gasteiger partial charge < -0.3 is 4.84 Å². The maximum atomic E-state index is 6.29. The quantitative estimate of drug-likeness (QED) is 0.752.